The molecule has 5 rings (SSSR count). The van der Waals surface area contributed by atoms with Gasteiger partial charge in [0, 0.05) is 57.0 Å². The summed E-state index contributed by atoms with van der Waals surface area (Å²) < 4.78 is 39.6. The standard InChI is InChI=1S/C28H35ClN4O5S2/c1-20-24(29)10-11-25-26(20)30-28(39-25)33(13-4-12-32-14-17-37-18-15-32)27(34)21-6-8-23(9-7-21)40(35,36)31(2)19-22-5-3-16-38-22/h6-11,22H,3-5,12-19H2,1-2H3. The minimum atomic E-state index is -3.70. The van der Waals surface area contributed by atoms with E-state index in [0.717, 1.165) is 67.9 Å². The van der Waals surface area contributed by atoms with E-state index in [9.17, 15) is 13.2 Å². The zero-order valence-electron chi connectivity index (χ0n) is 22.8. The summed E-state index contributed by atoms with van der Waals surface area (Å²) in [7, 11) is -2.14. The maximum absolute atomic E-state index is 13.8. The number of hydrogen-bond acceptors (Lipinski definition) is 8. The van der Waals surface area contributed by atoms with Gasteiger partial charge in [-0.2, -0.15) is 4.31 Å². The van der Waals surface area contributed by atoms with Gasteiger partial charge in [0.1, 0.15) is 0 Å². The summed E-state index contributed by atoms with van der Waals surface area (Å²) in [6.45, 7) is 7.42. The molecule has 0 radical (unpaired) electrons. The number of rotatable bonds is 10. The number of aryl methyl sites for hydroxylation is 1. The number of sulfonamides is 1. The lowest BCUT2D eigenvalue weighted by Crippen LogP contribution is -2.39. The van der Waals surface area contributed by atoms with Gasteiger partial charge < -0.3 is 9.47 Å². The number of halogens is 1. The fourth-order valence-corrected chi connectivity index (χ4v) is 7.45. The minimum Gasteiger partial charge on any atom is -0.379 e. The van der Waals surface area contributed by atoms with E-state index in [0.29, 0.717) is 35.4 Å². The fourth-order valence-electron chi connectivity index (χ4n) is 5.04. The molecule has 40 heavy (non-hydrogen) atoms. The van der Waals surface area contributed by atoms with Gasteiger partial charge in [0.2, 0.25) is 10.0 Å². The Balaban J connectivity index is 1.36. The molecule has 2 aliphatic heterocycles. The van der Waals surface area contributed by atoms with Gasteiger partial charge in [-0.3, -0.25) is 14.6 Å². The molecule has 1 amide bonds. The van der Waals surface area contributed by atoms with Crippen LogP contribution in [0.25, 0.3) is 10.2 Å². The average Bonchev–Trinajstić information content (AvgIpc) is 3.64. The van der Waals surface area contributed by atoms with E-state index in [1.807, 2.05) is 19.1 Å². The second kappa shape index (κ2) is 12.8. The first kappa shape index (κ1) is 29.4. The van der Waals surface area contributed by atoms with Crippen LogP contribution in [0.4, 0.5) is 5.13 Å². The van der Waals surface area contributed by atoms with Crippen molar-refractivity contribution in [3.63, 3.8) is 0 Å². The van der Waals surface area contributed by atoms with Crippen molar-refractivity contribution in [2.75, 3.05) is 64.5 Å². The van der Waals surface area contributed by atoms with Crippen molar-refractivity contribution in [3.05, 3.63) is 52.5 Å². The van der Waals surface area contributed by atoms with Gasteiger partial charge in [-0.15, -0.1) is 0 Å². The highest BCUT2D eigenvalue weighted by atomic mass is 35.5. The summed E-state index contributed by atoms with van der Waals surface area (Å²) in [5.74, 6) is -0.221. The number of likely N-dealkylation sites (N-methyl/N-ethyl adjacent to an activating group) is 1. The largest absolute Gasteiger partial charge is 0.379 e. The molecule has 0 spiro atoms. The lowest BCUT2D eigenvalue weighted by atomic mass is 10.2. The number of ether oxygens (including phenoxy) is 2. The zero-order valence-corrected chi connectivity index (χ0v) is 25.2. The van der Waals surface area contributed by atoms with E-state index in [-0.39, 0.29) is 16.9 Å². The van der Waals surface area contributed by atoms with Crippen LogP contribution in [0.15, 0.2) is 41.3 Å². The van der Waals surface area contributed by atoms with Gasteiger partial charge in [-0.25, -0.2) is 13.4 Å². The Bertz CT molecular complexity index is 1430. The molecular formula is C28H35ClN4O5S2. The highest BCUT2D eigenvalue weighted by Gasteiger charge is 2.27. The molecule has 2 aliphatic rings. The Morgan fingerprint density at radius 3 is 2.60 bits per heavy atom. The Morgan fingerprint density at radius 1 is 1.15 bits per heavy atom. The molecule has 0 saturated carbocycles. The van der Waals surface area contributed by atoms with Crippen molar-refractivity contribution < 1.29 is 22.7 Å². The van der Waals surface area contributed by atoms with Crippen LogP contribution in [-0.4, -0.2) is 94.2 Å². The fraction of sp³-hybridized carbons (Fsp3) is 0.500. The summed E-state index contributed by atoms with van der Waals surface area (Å²) in [5, 5.41) is 1.23. The molecule has 3 aromatic rings. The predicted octanol–water partition coefficient (Wildman–Crippen LogP) is 4.43. The molecular weight excluding hydrogens is 572 g/mol. The number of hydrogen-bond donors (Lipinski definition) is 0. The number of anilines is 1. The number of morpholine rings is 1. The third kappa shape index (κ3) is 6.51. The third-order valence-electron chi connectivity index (χ3n) is 7.47. The van der Waals surface area contributed by atoms with E-state index < -0.39 is 10.0 Å². The lowest BCUT2D eigenvalue weighted by Gasteiger charge is -2.27. The maximum atomic E-state index is 13.8. The van der Waals surface area contributed by atoms with Gasteiger partial charge in [0.25, 0.3) is 5.91 Å². The molecule has 9 nitrogen and oxygen atoms in total. The van der Waals surface area contributed by atoms with Gasteiger partial charge >= 0.3 is 0 Å². The molecule has 2 fully saturated rings. The van der Waals surface area contributed by atoms with Crippen LogP contribution in [-0.2, 0) is 19.5 Å². The van der Waals surface area contributed by atoms with E-state index in [4.69, 9.17) is 26.1 Å². The zero-order chi connectivity index (χ0) is 28.3. The predicted molar refractivity (Wildman–Crippen MR) is 158 cm³/mol. The molecule has 1 unspecified atom stereocenters. The summed E-state index contributed by atoms with van der Waals surface area (Å²) >= 11 is 7.79. The van der Waals surface area contributed by atoms with Crippen LogP contribution >= 0.6 is 22.9 Å². The van der Waals surface area contributed by atoms with E-state index >= 15 is 0 Å². The monoisotopic (exact) mass is 606 g/mol. The van der Waals surface area contributed by atoms with Crippen LogP contribution in [0.2, 0.25) is 5.02 Å². The molecule has 1 aromatic heterocycles. The minimum absolute atomic E-state index is 0.0843. The first-order chi connectivity index (χ1) is 19.2. The Labute approximate surface area is 244 Å². The molecule has 12 heteroatoms. The van der Waals surface area contributed by atoms with Crippen molar-refractivity contribution in [1.82, 2.24) is 14.2 Å². The SMILES string of the molecule is Cc1c(Cl)ccc2sc(N(CCCN3CCOCC3)C(=O)c3ccc(S(=O)(=O)N(C)CC4CCCO4)cc3)nc12. The summed E-state index contributed by atoms with van der Waals surface area (Å²) in [5.41, 5.74) is 2.07. The molecule has 0 N–H and O–H groups in total. The number of carbonyl (C=O) groups excluding carboxylic acids is 1. The normalized spacial score (nSPS) is 18.6. The average molecular weight is 607 g/mol. The van der Waals surface area contributed by atoms with E-state index in [1.54, 1.807) is 24.1 Å². The number of fused-ring (bicyclic) bond motifs is 1. The Hall–Kier alpha value is -2.12. The summed E-state index contributed by atoms with van der Waals surface area (Å²) in [6, 6.07) is 9.94. The van der Waals surface area contributed by atoms with Crippen LogP contribution in [0.5, 0.6) is 0 Å². The smallest absolute Gasteiger partial charge is 0.260 e. The van der Waals surface area contributed by atoms with Gasteiger partial charge in [0.05, 0.1) is 34.4 Å². The van der Waals surface area contributed by atoms with Gasteiger partial charge in [0.15, 0.2) is 5.13 Å². The van der Waals surface area contributed by atoms with E-state index in [1.165, 1.54) is 27.8 Å². The Morgan fingerprint density at radius 2 is 1.90 bits per heavy atom. The number of aromatic nitrogens is 1. The second-order valence-electron chi connectivity index (χ2n) is 10.2. The number of carbonyl (C=O) groups is 1. The first-order valence-electron chi connectivity index (χ1n) is 13.6. The Kier molecular flexibility index (Phi) is 9.41. The summed E-state index contributed by atoms with van der Waals surface area (Å²) in [6.07, 6.45) is 2.48. The number of nitrogens with zero attached hydrogens (tertiary/aromatic N) is 4. The molecule has 2 saturated heterocycles. The molecule has 0 bridgehead atoms. The maximum Gasteiger partial charge on any atom is 0.260 e. The number of amides is 1. The molecule has 1 atom stereocenters. The van der Waals surface area contributed by atoms with Crippen molar-refractivity contribution in [3.8, 4) is 0 Å². The molecule has 2 aromatic carbocycles. The quantitative estimate of drug-likeness (QED) is 0.337. The van der Waals surface area contributed by atoms with E-state index in [2.05, 4.69) is 4.90 Å². The van der Waals surface area contributed by atoms with Crippen LogP contribution in [0.3, 0.4) is 0 Å². The second-order valence-corrected chi connectivity index (χ2v) is 13.7. The molecule has 0 aliphatic carbocycles. The first-order valence-corrected chi connectivity index (χ1v) is 16.2. The van der Waals surface area contributed by atoms with Gasteiger partial charge in [-0.05, 0) is 68.1 Å². The van der Waals surface area contributed by atoms with Crippen molar-refractivity contribution in [1.29, 1.82) is 0 Å². The number of benzene rings is 2. The summed E-state index contributed by atoms with van der Waals surface area (Å²) in [4.78, 5) is 22.8. The van der Waals surface area contributed by atoms with Gasteiger partial charge in [-0.1, -0.05) is 22.9 Å². The molecule has 3 heterocycles. The van der Waals surface area contributed by atoms with Crippen molar-refractivity contribution >= 4 is 54.2 Å². The van der Waals surface area contributed by atoms with Crippen LogP contribution in [0.1, 0.15) is 35.2 Å². The molecule has 216 valence electrons. The van der Waals surface area contributed by atoms with Crippen molar-refractivity contribution in [2.24, 2.45) is 0 Å². The van der Waals surface area contributed by atoms with Crippen molar-refractivity contribution in [2.45, 2.75) is 37.2 Å². The topological polar surface area (TPSA) is 92.3 Å². The third-order valence-corrected chi connectivity index (χ3v) is 10.8. The lowest BCUT2D eigenvalue weighted by molar-refractivity contribution is 0.0376. The van der Waals surface area contributed by atoms with Crippen LogP contribution < -0.4 is 4.90 Å². The highest BCUT2D eigenvalue weighted by molar-refractivity contribution is 7.89. The highest BCUT2D eigenvalue weighted by Crippen LogP contribution is 2.34. The van der Waals surface area contributed by atoms with Crippen LogP contribution in [0, 0.1) is 6.92 Å². The number of thiazole rings is 1.